The van der Waals surface area contributed by atoms with E-state index in [1.165, 1.54) is 0 Å². The van der Waals surface area contributed by atoms with Gasteiger partial charge in [-0.3, -0.25) is 0 Å². The molecule has 186 valence electrons. The summed E-state index contributed by atoms with van der Waals surface area (Å²) in [5.41, 5.74) is 2.20. The second-order valence-corrected chi connectivity index (χ2v) is 10.1. The Morgan fingerprint density at radius 1 is 0.629 bits per heavy atom. The lowest BCUT2D eigenvalue weighted by Crippen LogP contribution is -2.13. The topological polar surface area (TPSA) is 0 Å². The van der Waals surface area contributed by atoms with Crippen molar-refractivity contribution in [3.05, 3.63) is 82.9 Å². The Morgan fingerprint density at radius 2 is 1.20 bits per heavy atom. The van der Waals surface area contributed by atoms with Gasteiger partial charge in [0.1, 0.15) is 0 Å². The minimum absolute atomic E-state index is 0.0598. The lowest BCUT2D eigenvalue weighted by molar-refractivity contribution is 0.339. The van der Waals surface area contributed by atoms with Crippen LogP contribution in [0.3, 0.4) is 0 Å². The van der Waals surface area contributed by atoms with E-state index >= 15 is 4.39 Å². The van der Waals surface area contributed by atoms with Crippen LogP contribution in [-0.2, 0) is 6.42 Å². The van der Waals surface area contributed by atoms with Crippen LogP contribution >= 0.6 is 0 Å². The molecule has 1 saturated carbocycles. The van der Waals surface area contributed by atoms with Crippen LogP contribution in [0.15, 0.2) is 48.5 Å². The summed E-state index contributed by atoms with van der Waals surface area (Å²) >= 11 is 0. The van der Waals surface area contributed by atoms with Gasteiger partial charge in [-0.15, -0.1) is 0 Å². The highest BCUT2D eigenvalue weighted by atomic mass is 19.2. The molecule has 4 rings (SSSR count). The van der Waals surface area contributed by atoms with Crippen molar-refractivity contribution in [2.24, 2.45) is 5.92 Å². The first kappa shape index (κ1) is 25.5. The summed E-state index contributed by atoms with van der Waals surface area (Å²) < 4.78 is 59.5. The first-order valence-corrected chi connectivity index (χ1v) is 13.0. The number of rotatable bonds is 8. The van der Waals surface area contributed by atoms with Crippen LogP contribution in [0.4, 0.5) is 17.6 Å². The Labute approximate surface area is 206 Å². The minimum Gasteiger partial charge on any atom is -0.203 e. The summed E-state index contributed by atoms with van der Waals surface area (Å²) in [7, 11) is 0. The van der Waals surface area contributed by atoms with Crippen molar-refractivity contribution in [1.29, 1.82) is 0 Å². The van der Waals surface area contributed by atoms with E-state index in [0.29, 0.717) is 34.6 Å². The Bertz CT molecular complexity index is 1140. The summed E-state index contributed by atoms with van der Waals surface area (Å²) in [6.07, 6.45) is 8.35. The zero-order valence-electron chi connectivity index (χ0n) is 20.6. The molecular formula is C31H34F4. The predicted octanol–water partition coefficient (Wildman–Crippen LogP) is 9.99. The molecule has 0 spiro atoms. The van der Waals surface area contributed by atoms with Gasteiger partial charge in [-0.25, -0.2) is 17.6 Å². The highest BCUT2D eigenvalue weighted by molar-refractivity contribution is 5.71. The van der Waals surface area contributed by atoms with Crippen LogP contribution < -0.4 is 0 Å². The van der Waals surface area contributed by atoms with Gasteiger partial charge in [0.15, 0.2) is 23.3 Å². The molecule has 35 heavy (non-hydrogen) atoms. The zero-order chi connectivity index (χ0) is 24.9. The van der Waals surface area contributed by atoms with Crippen molar-refractivity contribution in [2.45, 2.75) is 77.6 Å². The Balaban J connectivity index is 1.53. The highest BCUT2D eigenvalue weighted by Gasteiger charge is 2.25. The number of aryl methyl sites for hydroxylation is 1. The smallest absolute Gasteiger partial charge is 0.166 e. The largest absolute Gasteiger partial charge is 0.203 e. The van der Waals surface area contributed by atoms with Crippen LogP contribution in [0.5, 0.6) is 0 Å². The minimum atomic E-state index is -0.867. The van der Waals surface area contributed by atoms with Crippen LogP contribution in [-0.4, -0.2) is 0 Å². The Morgan fingerprint density at radius 3 is 1.80 bits per heavy atom. The van der Waals surface area contributed by atoms with Gasteiger partial charge in [0.25, 0.3) is 0 Å². The highest BCUT2D eigenvalue weighted by Crippen LogP contribution is 2.39. The normalized spacial score (nSPS) is 18.1. The standard InChI is InChI=1S/C31H34F4/c1-3-4-5-6-7-24-16-17-25(29(33)28(24)32)22-12-14-23(15-13-22)27-19-18-26(30(34)31(27)35)21-10-8-20(2)9-11-21/h12-21H,3-11H2,1-2H3. The van der Waals surface area contributed by atoms with E-state index in [2.05, 4.69) is 13.8 Å². The summed E-state index contributed by atoms with van der Waals surface area (Å²) in [5.74, 6) is -2.59. The molecule has 0 radical (unpaired) electrons. The molecule has 0 bridgehead atoms. The fraction of sp³-hybridized carbons (Fsp3) is 0.419. The number of hydrogen-bond donors (Lipinski definition) is 0. The van der Waals surface area contributed by atoms with Gasteiger partial charge < -0.3 is 0 Å². The van der Waals surface area contributed by atoms with E-state index in [1.807, 2.05) is 0 Å². The molecule has 0 heterocycles. The average Bonchev–Trinajstić information content (AvgIpc) is 2.87. The summed E-state index contributed by atoms with van der Waals surface area (Å²) in [4.78, 5) is 0. The van der Waals surface area contributed by atoms with Crippen LogP contribution in [0.25, 0.3) is 22.3 Å². The molecule has 0 unspecified atom stereocenters. The maximum atomic E-state index is 15.0. The van der Waals surface area contributed by atoms with E-state index in [4.69, 9.17) is 0 Å². The van der Waals surface area contributed by atoms with Crippen LogP contribution in [0.2, 0.25) is 0 Å². The fourth-order valence-corrected chi connectivity index (χ4v) is 5.25. The van der Waals surface area contributed by atoms with Gasteiger partial charge >= 0.3 is 0 Å². The fourth-order valence-electron chi connectivity index (χ4n) is 5.25. The van der Waals surface area contributed by atoms with E-state index in [9.17, 15) is 13.2 Å². The van der Waals surface area contributed by atoms with E-state index in [1.54, 1.807) is 48.5 Å². The van der Waals surface area contributed by atoms with Crippen LogP contribution in [0.1, 0.15) is 82.3 Å². The molecule has 0 nitrogen and oxygen atoms in total. The van der Waals surface area contributed by atoms with Gasteiger partial charge in [-0.1, -0.05) is 94.5 Å². The molecule has 1 fully saturated rings. The van der Waals surface area contributed by atoms with Gasteiger partial charge in [0.05, 0.1) is 0 Å². The van der Waals surface area contributed by atoms with Crippen molar-refractivity contribution in [1.82, 2.24) is 0 Å². The van der Waals surface area contributed by atoms with Crippen LogP contribution in [0, 0.1) is 29.2 Å². The van der Waals surface area contributed by atoms with E-state index < -0.39 is 23.3 Å². The maximum absolute atomic E-state index is 15.0. The second kappa shape index (κ2) is 11.4. The molecule has 3 aromatic carbocycles. The van der Waals surface area contributed by atoms with Crippen molar-refractivity contribution >= 4 is 0 Å². The molecule has 0 atom stereocenters. The quantitative estimate of drug-likeness (QED) is 0.221. The molecule has 0 saturated heterocycles. The van der Waals surface area contributed by atoms with Crippen molar-refractivity contribution in [3.63, 3.8) is 0 Å². The maximum Gasteiger partial charge on any atom is 0.166 e. The predicted molar refractivity (Wildman–Crippen MR) is 135 cm³/mol. The summed E-state index contributed by atoms with van der Waals surface area (Å²) in [6.45, 7) is 4.31. The number of unbranched alkanes of at least 4 members (excludes halogenated alkanes) is 3. The average molecular weight is 483 g/mol. The van der Waals surface area contributed by atoms with E-state index in [-0.39, 0.29) is 17.0 Å². The van der Waals surface area contributed by atoms with E-state index in [0.717, 1.165) is 51.4 Å². The third kappa shape index (κ3) is 5.63. The van der Waals surface area contributed by atoms with Gasteiger partial charge in [0, 0.05) is 11.1 Å². The lowest BCUT2D eigenvalue weighted by Gasteiger charge is -2.27. The molecule has 0 N–H and O–H groups in total. The molecule has 1 aliphatic carbocycles. The summed E-state index contributed by atoms with van der Waals surface area (Å²) in [5, 5.41) is 0. The molecule has 4 heteroatoms. The van der Waals surface area contributed by atoms with Crippen molar-refractivity contribution in [2.75, 3.05) is 0 Å². The molecule has 1 aliphatic rings. The summed E-state index contributed by atoms with van der Waals surface area (Å²) in [6, 6.07) is 13.1. The SMILES string of the molecule is CCCCCCc1ccc(-c2ccc(-c3ccc(C4CCC(C)CC4)c(F)c3F)cc2)c(F)c1F. The lowest BCUT2D eigenvalue weighted by atomic mass is 9.79. The number of halogens is 4. The monoisotopic (exact) mass is 482 g/mol. The van der Waals surface area contributed by atoms with Gasteiger partial charge in [-0.05, 0) is 59.8 Å². The first-order valence-electron chi connectivity index (χ1n) is 13.0. The van der Waals surface area contributed by atoms with Crippen molar-refractivity contribution in [3.8, 4) is 22.3 Å². The first-order chi connectivity index (χ1) is 16.9. The molecule has 3 aromatic rings. The molecular weight excluding hydrogens is 448 g/mol. The second-order valence-electron chi connectivity index (χ2n) is 10.1. The third-order valence-electron chi connectivity index (χ3n) is 7.54. The van der Waals surface area contributed by atoms with Gasteiger partial charge in [0.2, 0.25) is 0 Å². The number of benzene rings is 3. The molecule has 0 aliphatic heterocycles. The number of hydrogen-bond acceptors (Lipinski definition) is 0. The zero-order valence-corrected chi connectivity index (χ0v) is 20.6. The van der Waals surface area contributed by atoms with Crippen molar-refractivity contribution < 1.29 is 17.6 Å². The Hall–Kier alpha value is -2.62. The molecule has 0 aromatic heterocycles. The third-order valence-corrected chi connectivity index (χ3v) is 7.54. The Kier molecular flexibility index (Phi) is 8.30. The van der Waals surface area contributed by atoms with Gasteiger partial charge in [-0.2, -0.15) is 0 Å². The molecule has 0 amide bonds.